The molecular formula is C9H18S. The number of rotatable bonds is 1. The van der Waals surface area contributed by atoms with Crippen molar-refractivity contribution in [2.45, 2.75) is 44.8 Å². The lowest BCUT2D eigenvalue weighted by Crippen LogP contribution is -2.29. The van der Waals surface area contributed by atoms with Gasteiger partial charge >= 0.3 is 0 Å². The Kier molecular flexibility index (Phi) is 2.67. The molecule has 60 valence electrons. The van der Waals surface area contributed by atoms with Gasteiger partial charge in [0.15, 0.2) is 0 Å². The maximum absolute atomic E-state index is 2.41. The second-order valence-electron chi connectivity index (χ2n) is 3.96. The zero-order valence-corrected chi connectivity index (χ0v) is 8.13. The number of thioether (sulfide) groups is 1. The lowest BCUT2D eigenvalue weighted by atomic mass is 9.77. The molecule has 0 nitrogen and oxygen atoms in total. The molecule has 10 heavy (non-hydrogen) atoms. The van der Waals surface area contributed by atoms with Crippen molar-refractivity contribution in [2.24, 2.45) is 5.41 Å². The molecule has 0 aromatic carbocycles. The summed E-state index contributed by atoms with van der Waals surface area (Å²) < 4.78 is 0. The first-order valence-corrected chi connectivity index (χ1v) is 5.48. The van der Waals surface area contributed by atoms with E-state index in [0.29, 0.717) is 5.41 Å². The van der Waals surface area contributed by atoms with E-state index in [1.54, 1.807) is 0 Å². The van der Waals surface area contributed by atoms with Gasteiger partial charge in [0.05, 0.1) is 0 Å². The summed E-state index contributed by atoms with van der Waals surface area (Å²) in [6, 6.07) is 0. The Bertz CT molecular complexity index is 107. The van der Waals surface area contributed by atoms with Crippen LogP contribution in [0.1, 0.15) is 39.5 Å². The lowest BCUT2D eigenvalue weighted by molar-refractivity contribution is 0.256. The maximum atomic E-state index is 2.41. The Morgan fingerprint density at radius 3 is 2.40 bits per heavy atom. The molecule has 0 spiro atoms. The lowest BCUT2D eigenvalue weighted by Gasteiger charge is -2.37. The largest absolute Gasteiger partial charge is 0.161 e. The molecule has 1 aliphatic rings. The van der Waals surface area contributed by atoms with Crippen LogP contribution in [0.5, 0.6) is 0 Å². The monoisotopic (exact) mass is 158 g/mol. The van der Waals surface area contributed by atoms with Gasteiger partial charge in [-0.2, -0.15) is 11.8 Å². The van der Waals surface area contributed by atoms with Crippen molar-refractivity contribution in [1.82, 2.24) is 0 Å². The molecule has 1 saturated carbocycles. The fourth-order valence-corrected chi connectivity index (χ4v) is 3.06. The minimum atomic E-state index is 0.609. The zero-order valence-electron chi connectivity index (χ0n) is 7.31. The van der Waals surface area contributed by atoms with Gasteiger partial charge in [0.2, 0.25) is 0 Å². The summed E-state index contributed by atoms with van der Waals surface area (Å²) in [5.74, 6) is 0. The van der Waals surface area contributed by atoms with E-state index in [9.17, 15) is 0 Å². The topological polar surface area (TPSA) is 0 Å². The molecule has 0 amide bonds. The Morgan fingerprint density at radius 1 is 1.30 bits per heavy atom. The van der Waals surface area contributed by atoms with Crippen molar-refractivity contribution in [1.29, 1.82) is 0 Å². The van der Waals surface area contributed by atoms with E-state index >= 15 is 0 Å². The summed E-state index contributed by atoms with van der Waals surface area (Å²) in [6.45, 7) is 4.82. The van der Waals surface area contributed by atoms with Crippen molar-refractivity contribution >= 4 is 11.8 Å². The summed E-state index contributed by atoms with van der Waals surface area (Å²) in [7, 11) is 0. The van der Waals surface area contributed by atoms with Crippen molar-refractivity contribution < 1.29 is 0 Å². The van der Waals surface area contributed by atoms with E-state index in [1.807, 2.05) is 0 Å². The van der Waals surface area contributed by atoms with Crippen molar-refractivity contribution in [3.8, 4) is 0 Å². The van der Waals surface area contributed by atoms with Crippen LogP contribution in [0.2, 0.25) is 0 Å². The Morgan fingerprint density at radius 2 is 2.00 bits per heavy atom. The number of hydrogen-bond acceptors (Lipinski definition) is 1. The molecule has 1 unspecified atom stereocenters. The first kappa shape index (κ1) is 8.45. The van der Waals surface area contributed by atoms with Crippen LogP contribution in [0.4, 0.5) is 0 Å². The molecule has 1 aliphatic carbocycles. The van der Waals surface area contributed by atoms with Gasteiger partial charge in [0, 0.05) is 5.25 Å². The number of hydrogen-bond donors (Lipinski definition) is 0. The van der Waals surface area contributed by atoms with Crippen LogP contribution in [0.3, 0.4) is 0 Å². The van der Waals surface area contributed by atoms with Crippen LogP contribution in [-0.4, -0.2) is 11.5 Å². The molecule has 1 rings (SSSR count). The average molecular weight is 158 g/mol. The van der Waals surface area contributed by atoms with E-state index in [-0.39, 0.29) is 0 Å². The van der Waals surface area contributed by atoms with Gasteiger partial charge in [0.25, 0.3) is 0 Å². The van der Waals surface area contributed by atoms with Crippen LogP contribution >= 0.6 is 11.8 Å². The predicted molar refractivity (Wildman–Crippen MR) is 49.6 cm³/mol. The summed E-state index contributed by atoms with van der Waals surface area (Å²) in [5.41, 5.74) is 0.609. The van der Waals surface area contributed by atoms with Gasteiger partial charge in [-0.1, -0.05) is 26.7 Å². The van der Waals surface area contributed by atoms with Crippen LogP contribution in [0, 0.1) is 5.41 Å². The fourth-order valence-electron chi connectivity index (χ4n) is 1.90. The summed E-state index contributed by atoms with van der Waals surface area (Å²) >= 11 is 2.05. The van der Waals surface area contributed by atoms with E-state index in [1.165, 1.54) is 25.7 Å². The first-order chi connectivity index (χ1) is 4.67. The highest BCUT2D eigenvalue weighted by Crippen LogP contribution is 2.41. The van der Waals surface area contributed by atoms with E-state index in [4.69, 9.17) is 0 Å². The predicted octanol–water partition coefficient (Wildman–Crippen LogP) is 3.32. The third-order valence-electron chi connectivity index (χ3n) is 2.69. The molecule has 1 heteroatoms. The smallest absolute Gasteiger partial charge is 0.00954 e. The molecule has 0 radical (unpaired) electrons. The highest BCUT2D eigenvalue weighted by molar-refractivity contribution is 7.99. The van der Waals surface area contributed by atoms with Crippen LogP contribution in [-0.2, 0) is 0 Å². The van der Waals surface area contributed by atoms with Gasteiger partial charge in [-0.05, 0) is 24.5 Å². The molecule has 0 aromatic heterocycles. The highest BCUT2D eigenvalue weighted by atomic mass is 32.2. The third-order valence-corrected chi connectivity index (χ3v) is 4.14. The normalized spacial score (nSPS) is 32.1. The molecule has 0 bridgehead atoms. The minimum Gasteiger partial charge on any atom is -0.161 e. The minimum absolute atomic E-state index is 0.609. The van der Waals surface area contributed by atoms with Gasteiger partial charge in [-0.25, -0.2) is 0 Å². The summed E-state index contributed by atoms with van der Waals surface area (Å²) in [4.78, 5) is 0. The average Bonchev–Trinajstić information content (AvgIpc) is 1.87. The van der Waals surface area contributed by atoms with Crippen LogP contribution in [0.25, 0.3) is 0 Å². The van der Waals surface area contributed by atoms with Crippen LogP contribution in [0.15, 0.2) is 0 Å². The standard InChI is InChI=1S/C9H18S/c1-9(2)7-5-4-6-8(9)10-3/h8H,4-7H2,1-3H3. The molecule has 0 heterocycles. The van der Waals surface area contributed by atoms with Crippen molar-refractivity contribution in [3.05, 3.63) is 0 Å². The quantitative estimate of drug-likeness (QED) is 0.564. The van der Waals surface area contributed by atoms with E-state index < -0.39 is 0 Å². The van der Waals surface area contributed by atoms with Gasteiger partial charge in [0.1, 0.15) is 0 Å². The molecule has 1 atom stereocenters. The first-order valence-electron chi connectivity index (χ1n) is 4.19. The van der Waals surface area contributed by atoms with E-state index in [0.717, 1.165) is 5.25 Å². The van der Waals surface area contributed by atoms with Gasteiger partial charge < -0.3 is 0 Å². The Labute approximate surface area is 68.8 Å². The third kappa shape index (κ3) is 1.69. The van der Waals surface area contributed by atoms with Gasteiger partial charge in [-0.3, -0.25) is 0 Å². The molecular weight excluding hydrogens is 140 g/mol. The Hall–Kier alpha value is 0.350. The van der Waals surface area contributed by atoms with Crippen molar-refractivity contribution in [3.63, 3.8) is 0 Å². The fraction of sp³-hybridized carbons (Fsp3) is 1.00. The molecule has 0 aliphatic heterocycles. The van der Waals surface area contributed by atoms with Crippen LogP contribution < -0.4 is 0 Å². The molecule has 1 fully saturated rings. The second-order valence-corrected chi connectivity index (χ2v) is 5.00. The molecule has 0 saturated heterocycles. The van der Waals surface area contributed by atoms with Gasteiger partial charge in [-0.15, -0.1) is 0 Å². The highest BCUT2D eigenvalue weighted by Gasteiger charge is 2.30. The second kappa shape index (κ2) is 3.17. The summed E-state index contributed by atoms with van der Waals surface area (Å²) in [5, 5.41) is 0.918. The zero-order chi connectivity index (χ0) is 7.61. The van der Waals surface area contributed by atoms with Crippen molar-refractivity contribution in [2.75, 3.05) is 6.26 Å². The maximum Gasteiger partial charge on any atom is 0.00954 e. The SMILES string of the molecule is CSC1CCCCC1(C)C. The van der Waals surface area contributed by atoms with E-state index in [2.05, 4.69) is 31.9 Å². The molecule has 0 N–H and O–H groups in total. The summed E-state index contributed by atoms with van der Waals surface area (Å²) in [6.07, 6.45) is 8.02. The Balaban J connectivity index is 2.51. The molecule has 0 aromatic rings.